The average Bonchev–Trinajstić information content (AvgIpc) is 2.68. The Morgan fingerprint density at radius 3 is 1.60 bits per heavy atom. The van der Waals surface area contributed by atoms with Gasteiger partial charge in [-0.05, 0) is 35.4 Å². The van der Waals surface area contributed by atoms with Gasteiger partial charge in [-0.25, -0.2) is 8.42 Å². The lowest BCUT2D eigenvalue weighted by Crippen LogP contribution is -2.31. The second-order valence-corrected chi connectivity index (χ2v) is 9.31. The number of rotatable bonds is 5. The molecule has 0 spiro atoms. The van der Waals surface area contributed by atoms with Gasteiger partial charge in [-0.15, -0.1) is 0 Å². The minimum absolute atomic E-state index is 0.220. The van der Waals surface area contributed by atoms with E-state index in [2.05, 4.69) is 15.9 Å². The summed E-state index contributed by atoms with van der Waals surface area (Å²) in [7, 11) is -2.22. The Kier molecular flexibility index (Phi) is 4.97. The van der Waals surface area contributed by atoms with Gasteiger partial charge in [0.15, 0.2) is 3.66 Å². The van der Waals surface area contributed by atoms with E-state index in [4.69, 9.17) is 4.74 Å². The number of ether oxygens (including phenoxy) is 1. The highest BCUT2D eigenvalue weighted by Crippen LogP contribution is 2.46. The minimum atomic E-state index is -3.77. The van der Waals surface area contributed by atoms with E-state index in [1.165, 1.54) is 0 Å². The quantitative estimate of drug-likeness (QED) is 0.562. The zero-order valence-electron chi connectivity index (χ0n) is 13.6. The molecule has 128 valence electrons. The first-order chi connectivity index (χ1) is 12.0. The highest BCUT2D eigenvalue weighted by molar-refractivity contribution is 9.11. The highest BCUT2D eigenvalue weighted by atomic mass is 79.9. The van der Waals surface area contributed by atoms with Gasteiger partial charge in [0, 0.05) is 0 Å². The van der Waals surface area contributed by atoms with E-state index >= 15 is 0 Å². The first-order valence-electron chi connectivity index (χ1n) is 7.69. The standard InChI is InChI=1S/C20H17BrO3S/c1-24-18-12-14-19(15-13-18)25(22,23)20(21,16-8-4-2-5-9-16)17-10-6-3-7-11-17/h2-15H,1H3. The molecule has 0 aliphatic heterocycles. The van der Waals surface area contributed by atoms with Gasteiger partial charge in [0.05, 0.1) is 12.0 Å². The van der Waals surface area contributed by atoms with Crippen LogP contribution in [0.5, 0.6) is 5.75 Å². The third kappa shape index (κ3) is 3.10. The topological polar surface area (TPSA) is 43.4 Å². The number of sulfone groups is 1. The molecule has 3 nitrogen and oxygen atoms in total. The van der Waals surface area contributed by atoms with Crippen molar-refractivity contribution in [2.75, 3.05) is 7.11 Å². The van der Waals surface area contributed by atoms with E-state index in [-0.39, 0.29) is 4.90 Å². The van der Waals surface area contributed by atoms with Crippen LogP contribution in [0.25, 0.3) is 0 Å². The molecular formula is C20H17BrO3S. The first-order valence-corrected chi connectivity index (χ1v) is 9.96. The van der Waals surface area contributed by atoms with Crippen LogP contribution in [0.3, 0.4) is 0 Å². The van der Waals surface area contributed by atoms with Crippen molar-refractivity contribution in [3.05, 3.63) is 96.1 Å². The van der Waals surface area contributed by atoms with Gasteiger partial charge in [-0.3, -0.25) is 0 Å². The van der Waals surface area contributed by atoms with Crippen LogP contribution < -0.4 is 4.74 Å². The summed E-state index contributed by atoms with van der Waals surface area (Å²) in [6, 6.07) is 24.7. The SMILES string of the molecule is COc1ccc(S(=O)(=O)C(Br)(c2ccccc2)c2ccccc2)cc1. The maximum atomic E-state index is 13.6. The first kappa shape index (κ1) is 17.7. The molecule has 0 aliphatic rings. The van der Waals surface area contributed by atoms with Crippen LogP contribution in [-0.2, 0) is 13.5 Å². The summed E-state index contributed by atoms with van der Waals surface area (Å²) in [6.07, 6.45) is 0. The number of benzene rings is 3. The Morgan fingerprint density at radius 1 is 0.760 bits per heavy atom. The van der Waals surface area contributed by atoms with Crippen molar-refractivity contribution < 1.29 is 13.2 Å². The number of alkyl halides is 1. The predicted molar refractivity (Wildman–Crippen MR) is 103 cm³/mol. The molecule has 0 bridgehead atoms. The van der Waals surface area contributed by atoms with Gasteiger partial charge in [-0.1, -0.05) is 76.6 Å². The summed E-state index contributed by atoms with van der Waals surface area (Å²) in [4.78, 5) is 0.220. The number of halogens is 1. The summed E-state index contributed by atoms with van der Waals surface area (Å²) >= 11 is 3.58. The Balaban J connectivity index is 2.24. The van der Waals surface area contributed by atoms with Crippen molar-refractivity contribution in [2.45, 2.75) is 8.55 Å². The van der Waals surface area contributed by atoms with Crippen molar-refractivity contribution in [1.82, 2.24) is 0 Å². The predicted octanol–water partition coefficient (Wildman–Crippen LogP) is 4.77. The summed E-state index contributed by atoms with van der Waals surface area (Å²) in [5.74, 6) is 0.610. The largest absolute Gasteiger partial charge is 0.497 e. The van der Waals surface area contributed by atoms with Crippen LogP contribution in [-0.4, -0.2) is 15.5 Å². The fourth-order valence-electron chi connectivity index (χ4n) is 2.70. The fraction of sp³-hybridized carbons (Fsp3) is 0.100. The molecule has 0 fully saturated rings. The van der Waals surface area contributed by atoms with E-state index in [1.807, 2.05) is 60.7 Å². The molecule has 0 N–H and O–H groups in total. The summed E-state index contributed by atoms with van der Waals surface area (Å²) in [5.41, 5.74) is 1.30. The van der Waals surface area contributed by atoms with Crippen molar-refractivity contribution in [1.29, 1.82) is 0 Å². The van der Waals surface area contributed by atoms with Crippen molar-refractivity contribution >= 4 is 25.8 Å². The average molecular weight is 417 g/mol. The molecule has 3 aromatic rings. The molecule has 5 heteroatoms. The van der Waals surface area contributed by atoms with Gasteiger partial charge in [0.2, 0.25) is 9.84 Å². The summed E-state index contributed by atoms with van der Waals surface area (Å²) in [5, 5.41) is 0. The van der Waals surface area contributed by atoms with E-state index in [0.29, 0.717) is 16.9 Å². The highest BCUT2D eigenvalue weighted by Gasteiger charge is 2.45. The smallest absolute Gasteiger partial charge is 0.202 e. The molecule has 3 aromatic carbocycles. The Bertz CT molecular complexity index is 898. The molecular weight excluding hydrogens is 400 g/mol. The second kappa shape index (κ2) is 7.02. The lowest BCUT2D eigenvalue weighted by Gasteiger charge is -2.29. The van der Waals surface area contributed by atoms with Gasteiger partial charge >= 0.3 is 0 Å². The number of hydrogen-bond donors (Lipinski definition) is 0. The van der Waals surface area contributed by atoms with Gasteiger partial charge in [0.25, 0.3) is 0 Å². The molecule has 0 heterocycles. The maximum absolute atomic E-state index is 13.6. The summed E-state index contributed by atoms with van der Waals surface area (Å²) < 4.78 is 30.9. The van der Waals surface area contributed by atoms with Crippen LogP contribution in [0, 0.1) is 0 Å². The monoisotopic (exact) mass is 416 g/mol. The van der Waals surface area contributed by atoms with E-state index in [9.17, 15) is 8.42 Å². The maximum Gasteiger partial charge on any atom is 0.202 e. The van der Waals surface area contributed by atoms with Crippen molar-refractivity contribution in [3.63, 3.8) is 0 Å². The number of methoxy groups -OCH3 is 1. The second-order valence-electron chi connectivity index (χ2n) is 5.51. The lowest BCUT2D eigenvalue weighted by molar-refractivity contribution is 0.414. The van der Waals surface area contributed by atoms with Crippen LogP contribution in [0.4, 0.5) is 0 Å². The number of hydrogen-bond acceptors (Lipinski definition) is 3. The Morgan fingerprint density at radius 2 is 1.20 bits per heavy atom. The van der Waals surface area contributed by atoms with Gasteiger partial charge in [-0.2, -0.15) is 0 Å². The molecule has 0 radical (unpaired) electrons. The summed E-state index contributed by atoms with van der Waals surface area (Å²) in [6.45, 7) is 0. The van der Waals surface area contributed by atoms with Crippen LogP contribution in [0.2, 0.25) is 0 Å². The van der Waals surface area contributed by atoms with Gasteiger partial charge < -0.3 is 4.74 Å². The van der Waals surface area contributed by atoms with Crippen molar-refractivity contribution in [3.8, 4) is 5.75 Å². The molecule has 0 amide bonds. The van der Waals surface area contributed by atoms with Gasteiger partial charge in [0.1, 0.15) is 5.75 Å². The Hall–Kier alpha value is -2.11. The molecule has 0 atom stereocenters. The van der Waals surface area contributed by atoms with E-state index in [1.54, 1.807) is 31.4 Å². The van der Waals surface area contributed by atoms with Crippen LogP contribution in [0.1, 0.15) is 11.1 Å². The Labute approximate surface area is 156 Å². The van der Waals surface area contributed by atoms with Crippen molar-refractivity contribution in [2.24, 2.45) is 0 Å². The molecule has 0 saturated carbocycles. The third-order valence-corrected chi connectivity index (χ3v) is 8.33. The molecule has 0 aliphatic carbocycles. The van der Waals surface area contributed by atoms with Crippen LogP contribution >= 0.6 is 15.9 Å². The molecule has 0 aromatic heterocycles. The fourth-order valence-corrected chi connectivity index (χ4v) is 5.50. The zero-order valence-corrected chi connectivity index (χ0v) is 16.0. The van der Waals surface area contributed by atoms with E-state index in [0.717, 1.165) is 0 Å². The lowest BCUT2D eigenvalue weighted by atomic mass is 10.0. The molecule has 0 unspecified atom stereocenters. The minimum Gasteiger partial charge on any atom is -0.497 e. The van der Waals surface area contributed by atoms with E-state index < -0.39 is 13.5 Å². The zero-order chi connectivity index (χ0) is 17.9. The third-order valence-electron chi connectivity index (χ3n) is 4.03. The molecule has 3 rings (SSSR count). The van der Waals surface area contributed by atoms with Crippen LogP contribution in [0.15, 0.2) is 89.8 Å². The molecule has 0 saturated heterocycles. The normalized spacial score (nSPS) is 11.9. The molecule has 25 heavy (non-hydrogen) atoms.